The van der Waals surface area contributed by atoms with Gasteiger partial charge in [-0.3, -0.25) is 5.32 Å². The standard InChI is InChI=1S/C34H28N2/c1-22-21-35-34(36(22)2)33(31-19-23-11-3-5-13-25(23)27-15-7-9-17-29(27)31)32-20-24-12-4-6-14-26(24)28-16-8-10-18-30(28)32/h3-20,33-35H,1,21H2,2H3. The Morgan fingerprint density at radius 2 is 1.06 bits per heavy atom. The van der Waals surface area contributed by atoms with Crippen LogP contribution in [0.25, 0.3) is 43.1 Å². The molecule has 2 heteroatoms. The van der Waals surface area contributed by atoms with Gasteiger partial charge in [0.05, 0.1) is 6.17 Å². The van der Waals surface area contributed by atoms with Gasteiger partial charge in [-0.05, 0) is 66.3 Å². The molecule has 36 heavy (non-hydrogen) atoms. The Bertz CT molecular complexity index is 1680. The van der Waals surface area contributed by atoms with E-state index in [1.54, 1.807) is 0 Å². The van der Waals surface area contributed by atoms with Crippen molar-refractivity contribution in [1.29, 1.82) is 0 Å². The van der Waals surface area contributed by atoms with E-state index in [0.29, 0.717) is 0 Å². The van der Waals surface area contributed by atoms with Crippen LogP contribution < -0.4 is 5.32 Å². The Kier molecular flexibility index (Phi) is 4.83. The number of rotatable bonds is 3. The molecule has 1 aliphatic rings. The Labute approximate surface area is 211 Å². The molecule has 1 aliphatic heterocycles. The number of benzene rings is 6. The lowest BCUT2D eigenvalue weighted by Gasteiger charge is -2.33. The van der Waals surface area contributed by atoms with Gasteiger partial charge in [0.2, 0.25) is 0 Å². The quantitative estimate of drug-likeness (QED) is 0.269. The summed E-state index contributed by atoms with van der Waals surface area (Å²) in [6.07, 6.45) is 0.103. The molecule has 1 heterocycles. The molecule has 0 amide bonds. The van der Waals surface area contributed by atoms with Gasteiger partial charge < -0.3 is 4.90 Å². The molecule has 1 N–H and O–H groups in total. The molecule has 0 radical (unpaired) electrons. The second kappa shape index (κ2) is 8.22. The maximum atomic E-state index is 4.34. The van der Waals surface area contributed by atoms with Gasteiger partial charge in [0.1, 0.15) is 0 Å². The summed E-state index contributed by atoms with van der Waals surface area (Å²) in [6.45, 7) is 5.14. The number of nitrogens with zero attached hydrogens (tertiary/aromatic N) is 1. The summed E-state index contributed by atoms with van der Waals surface area (Å²) < 4.78 is 0. The highest BCUT2D eigenvalue weighted by Crippen LogP contribution is 2.43. The van der Waals surface area contributed by atoms with Crippen molar-refractivity contribution in [3.8, 4) is 0 Å². The number of fused-ring (bicyclic) bond motifs is 6. The Morgan fingerprint density at radius 1 is 0.639 bits per heavy atom. The van der Waals surface area contributed by atoms with Gasteiger partial charge in [0, 0.05) is 25.2 Å². The van der Waals surface area contributed by atoms with E-state index in [0.717, 1.165) is 12.2 Å². The zero-order valence-corrected chi connectivity index (χ0v) is 20.4. The van der Waals surface area contributed by atoms with Crippen molar-refractivity contribution in [2.45, 2.75) is 12.1 Å². The summed E-state index contributed by atoms with van der Waals surface area (Å²) in [6, 6.07) is 40.1. The van der Waals surface area contributed by atoms with Gasteiger partial charge in [-0.25, -0.2) is 0 Å². The Balaban J connectivity index is 1.61. The zero-order chi connectivity index (χ0) is 24.2. The summed E-state index contributed by atoms with van der Waals surface area (Å²) in [4.78, 5) is 2.33. The van der Waals surface area contributed by atoms with E-state index < -0.39 is 0 Å². The van der Waals surface area contributed by atoms with E-state index in [2.05, 4.69) is 133 Å². The third-order valence-corrected chi connectivity index (χ3v) is 8.02. The number of hydrogen-bond donors (Lipinski definition) is 1. The highest BCUT2D eigenvalue weighted by Gasteiger charge is 2.35. The lowest BCUT2D eigenvalue weighted by atomic mass is 9.80. The van der Waals surface area contributed by atoms with Crippen LogP contribution in [0.15, 0.2) is 121 Å². The lowest BCUT2D eigenvalue weighted by molar-refractivity contribution is 0.302. The van der Waals surface area contributed by atoms with E-state index >= 15 is 0 Å². The summed E-state index contributed by atoms with van der Waals surface area (Å²) >= 11 is 0. The third kappa shape index (κ3) is 3.15. The van der Waals surface area contributed by atoms with Crippen molar-refractivity contribution in [2.75, 3.05) is 13.6 Å². The molecular weight excluding hydrogens is 436 g/mol. The molecule has 1 atom stereocenters. The van der Waals surface area contributed by atoms with Crippen molar-refractivity contribution in [1.82, 2.24) is 10.2 Å². The monoisotopic (exact) mass is 464 g/mol. The van der Waals surface area contributed by atoms with Crippen LogP contribution in [0.4, 0.5) is 0 Å². The molecule has 0 bridgehead atoms. The predicted octanol–water partition coefficient (Wildman–Crippen LogP) is 7.81. The van der Waals surface area contributed by atoms with Crippen LogP contribution in [-0.4, -0.2) is 24.7 Å². The topological polar surface area (TPSA) is 15.3 Å². The molecular formula is C34H28N2. The van der Waals surface area contributed by atoms with Crippen molar-refractivity contribution >= 4 is 43.1 Å². The van der Waals surface area contributed by atoms with E-state index in [1.807, 2.05) is 0 Å². The summed E-state index contributed by atoms with van der Waals surface area (Å²) in [5.41, 5.74) is 3.83. The van der Waals surface area contributed by atoms with Gasteiger partial charge in [-0.1, -0.05) is 104 Å². The first kappa shape index (κ1) is 21.2. The van der Waals surface area contributed by atoms with Crippen LogP contribution in [-0.2, 0) is 0 Å². The minimum atomic E-state index is 0.103. The maximum Gasteiger partial charge on any atom is 0.0904 e. The first-order valence-corrected chi connectivity index (χ1v) is 12.7. The molecule has 1 unspecified atom stereocenters. The van der Waals surface area contributed by atoms with Crippen molar-refractivity contribution in [3.05, 3.63) is 133 Å². The number of nitrogens with one attached hydrogen (secondary N) is 1. The molecule has 1 saturated heterocycles. The molecule has 0 aliphatic carbocycles. The van der Waals surface area contributed by atoms with Gasteiger partial charge in [0.25, 0.3) is 0 Å². The Morgan fingerprint density at radius 3 is 1.50 bits per heavy atom. The maximum absolute atomic E-state index is 4.34. The SMILES string of the molecule is C=C1CNC(C(c2cc3ccccc3c3ccccc23)c2cc3ccccc3c3ccccc23)N1C. The van der Waals surface area contributed by atoms with E-state index in [1.165, 1.54) is 54.2 Å². The smallest absolute Gasteiger partial charge is 0.0904 e. The largest absolute Gasteiger partial charge is 0.361 e. The van der Waals surface area contributed by atoms with Crippen molar-refractivity contribution < 1.29 is 0 Å². The first-order chi connectivity index (χ1) is 17.7. The fourth-order valence-electron chi connectivity index (χ4n) is 6.21. The summed E-state index contributed by atoms with van der Waals surface area (Å²) in [5.74, 6) is 0.110. The molecule has 0 spiro atoms. The van der Waals surface area contributed by atoms with Crippen LogP contribution in [0.2, 0.25) is 0 Å². The van der Waals surface area contributed by atoms with Gasteiger partial charge >= 0.3 is 0 Å². The fraction of sp³-hybridized carbons (Fsp3) is 0.118. The lowest BCUT2D eigenvalue weighted by Crippen LogP contribution is -2.39. The van der Waals surface area contributed by atoms with Crippen molar-refractivity contribution in [3.63, 3.8) is 0 Å². The van der Waals surface area contributed by atoms with E-state index in [-0.39, 0.29) is 12.1 Å². The van der Waals surface area contributed by atoms with Gasteiger partial charge in [0.15, 0.2) is 0 Å². The number of hydrogen-bond acceptors (Lipinski definition) is 2. The van der Waals surface area contributed by atoms with E-state index in [4.69, 9.17) is 0 Å². The summed E-state index contributed by atoms with van der Waals surface area (Å²) in [5, 5.41) is 14.2. The molecule has 1 fully saturated rings. The normalized spacial score (nSPS) is 16.2. The second-order valence-electron chi connectivity index (χ2n) is 9.95. The molecule has 174 valence electrons. The molecule has 7 rings (SSSR count). The third-order valence-electron chi connectivity index (χ3n) is 8.02. The Hall–Kier alpha value is -4.14. The second-order valence-corrected chi connectivity index (χ2v) is 9.95. The van der Waals surface area contributed by atoms with Crippen LogP contribution in [0.3, 0.4) is 0 Å². The highest BCUT2D eigenvalue weighted by atomic mass is 15.3. The number of likely N-dealkylation sites (N-methyl/N-ethyl adjacent to an activating group) is 1. The zero-order valence-electron chi connectivity index (χ0n) is 20.4. The van der Waals surface area contributed by atoms with Crippen LogP contribution >= 0.6 is 0 Å². The van der Waals surface area contributed by atoms with Crippen LogP contribution in [0.1, 0.15) is 17.0 Å². The molecule has 0 aromatic heterocycles. The summed E-state index contributed by atoms with van der Waals surface area (Å²) in [7, 11) is 2.17. The van der Waals surface area contributed by atoms with Gasteiger partial charge in [-0.15, -0.1) is 0 Å². The first-order valence-electron chi connectivity index (χ1n) is 12.7. The predicted molar refractivity (Wildman–Crippen MR) is 153 cm³/mol. The minimum absolute atomic E-state index is 0.103. The molecule has 6 aromatic rings. The molecule has 2 nitrogen and oxygen atoms in total. The average molecular weight is 465 g/mol. The minimum Gasteiger partial charge on any atom is -0.361 e. The fourth-order valence-corrected chi connectivity index (χ4v) is 6.21. The van der Waals surface area contributed by atoms with Gasteiger partial charge in [-0.2, -0.15) is 0 Å². The van der Waals surface area contributed by atoms with Crippen molar-refractivity contribution in [2.24, 2.45) is 0 Å². The van der Waals surface area contributed by atoms with Crippen LogP contribution in [0, 0.1) is 0 Å². The molecule has 6 aromatic carbocycles. The average Bonchev–Trinajstić information content (AvgIpc) is 3.26. The van der Waals surface area contributed by atoms with E-state index in [9.17, 15) is 0 Å². The van der Waals surface area contributed by atoms with Crippen LogP contribution in [0.5, 0.6) is 0 Å². The molecule has 0 saturated carbocycles. The highest BCUT2D eigenvalue weighted by molar-refractivity contribution is 6.11.